The fraction of sp³-hybridized carbons (Fsp3) is 0.588. The third-order valence-electron chi connectivity index (χ3n) is 4.40. The second-order valence-electron chi connectivity index (χ2n) is 6.19. The Labute approximate surface area is 131 Å². The van der Waals surface area contributed by atoms with Crippen molar-refractivity contribution in [2.45, 2.75) is 25.6 Å². The lowest BCUT2D eigenvalue weighted by Crippen LogP contribution is -2.31. The summed E-state index contributed by atoms with van der Waals surface area (Å²) in [6.45, 7) is 3.46. The van der Waals surface area contributed by atoms with Crippen LogP contribution in [0.2, 0.25) is 0 Å². The minimum absolute atomic E-state index is 0.107. The van der Waals surface area contributed by atoms with E-state index in [-0.39, 0.29) is 12.2 Å². The van der Waals surface area contributed by atoms with Crippen LogP contribution in [0.5, 0.6) is 0 Å². The van der Waals surface area contributed by atoms with Crippen LogP contribution < -0.4 is 5.32 Å². The molecule has 0 saturated carbocycles. The molecule has 0 atom stereocenters. The minimum Gasteiger partial charge on any atom is -0.346 e. The highest BCUT2D eigenvalue weighted by atomic mass is 16.7. The first-order valence-electron chi connectivity index (χ1n) is 8.02. The summed E-state index contributed by atoms with van der Waals surface area (Å²) in [6.07, 6.45) is 2.58. The van der Waals surface area contributed by atoms with E-state index < -0.39 is 0 Å². The minimum atomic E-state index is -0.260. The summed E-state index contributed by atoms with van der Waals surface area (Å²) >= 11 is 0. The zero-order valence-electron chi connectivity index (χ0n) is 13.1. The highest BCUT2D eigenvalue weighted by Gasteiger charge is 2.20. The molecule has 2 fully saturated rings. The number of nitrogens with zero attached hydrogens (tertiary/aromatic N) is 1. The molecule has 120 valence electrons. The number of benzene rings is 1. The largest absolute Gasteiger partial charge is 0.346 e. The van der Waals surface area contributed by atoms with Gasteiger partial charge in [-0.15, -0.1) is 0 Å². The van der Waals surface area contributed by atoms with Crippen molar-refractivity contribution in [1.82, 2.24) is 4.90 Å². The van der Waals surface area contributed by atoms with Crippen molar-refractivity contribution in [3.8, 4) is 0 Å². The Morgan fingerprint density at radius 1 is 1.18 bits per heavy atom. The van der Waals surface area contributed by atoms with Gasteiger partial charge in [0.2, 0.25) is 5.91 Å². The molecule has 22 heavy (non-hydrogen) atoms. The van der Waals surface area contributed by atoms with Crippen LogP contribution in [0.15, 0.2) is 24.3 Å². The van der Waals surface area contributed by atoms with Crippen molar-refractivity contribution >= 4 is 11.6 Å². The van der Waals surface area contributed by atoms with E-state index >= 15 is 0 Å². The first-order chi connectivity index (χ1) is 10.7. The highest BCUT2D eigenvalue weighted by molar-refractivity contribution is 5.90. The zero-order chi connectivity index (χ0) is 15.4. The Kier molecular flexibility index (Phi) is 5.08. The van der Waals surface area contributed by atoms with Gasteiger partial charge in [0.15, 0.2) is 6.29 Å². The topological polar surface area (TPSA) is 50.8 Å². The molecule has 5 nitrogen and oxygen atoms in total. The van der Waals surface area contributed by atoms with Gasteiger partial charge in [0.05, 0.1) is 13.2 Å². The number of amides is 1. The first kappa shape index (κ1) is 15.5. The summed E-state index contributed by atoms with van der Waals surface area (Å²) in [6, 6.07) is 7.71. The van der Waals surface area contributed by atoms with Gasteiger partial charge in [0, 0.05) is 17.7 Å². The van der Waals surface area contributed by atoms with E-state index in [0.717, 1.165) is 37.2 Å². The van der Waals surface area contributed by atoms with Crippen LogP contribution in [-0.2, 0) is 14.3 Å². The van der Waals surface area contributed by atoms with Gasteiger partial charge in [-0.05, 0) is 51.0 Å². The third kappa shape index (κ3) is 4.06. The second-order valence-corrected chi connectivity index (χ2v) is 6.19. The van der Waals surface area contributed by atoms with Gasteiger partial charge in [0.25, 0.3) is 0 Å². The van der Waals surface area contributed by atoms with E-state index in [1.165, 1.54) is 0 Å². The van der Waals surface area contributed by atoms with Crippen molar-refractivity contribution in [3.05, 3.63) is 29.8 Å². The van der Waals surface area contributed by atoms with Gasteiger partial charge in [0.1, 0.15) is 0 Å². The molecule has 1 amide bonds. The van der Waals surface area contributed by atoms with E-state index in [1.807, 2.05) is 24.3 Å². The average Bonchev–Trinajstić information content (AvgIpc) is 3.05. The van der Waals surface area contributed by atoms with Gasteiger partial charge >= 0.3 is 0 Å². The molecule has 5 heteroatoms. The van der Waals surface area contributed by atoms with E-state index in [2.05, 4.69) is 17.3 Å². The fourth-order valence-electron chi connectivity index (χ4n) is 3.01. The number of carbonyl (C=O) groups excluding carboxylic acids is 1. The number of rotatable bonds is 4. The number of carbonyl (C=O) groups is 1. The quantitative estimate of drug-likeness (QED) is 0.928. The molecular formula is C17H24N2O3. The SMILES string of the molecule is CN1CCC(CC(=O)Nc2ccc(C3OCCO3)cc2)CC1. The summed E-state index contributed by atoms with van der Waals surface area (Å²) in [5.41, 5.74) is 1.82. The predicted octanol–water partition coefficient (Wildman–Crippen LogP) is 2.40. The zero-order valence-corrected chi connectivity index (χ0v) is 13.1. The van der Waals surface area contributed by atoms with Crippen LogP contribution in [-0.4, -0.2) is 44.2 Å². The molecule has 2 saturated heterocycles. The Morgan fingerprint density at radius 2 is 1.82 bits per heavy atom. The van der Waals surface area contributed by atoms with Crippen LogP contribution >= 0.6 is 0 Å². The molecule has 2 heterocycles. The van der Waals surface area contributed by atoms with Crippen LogP contribution in [0.3, 0.4) is 0 Å². The summed E-state index contributed by atoms with van der Waals surface area (Å²) in [7, 11) is 2.13. The van der Waals surface area contributed by atoms with Crippen LogP contribution in [0.4, 0.5) is 5.69 Å². The molecule has 0 spiro atoms. The average molecular weight is 304 g/mol. The number of hydrogen-bond acceptors (Lipinski definition) is 4. The molecule has 0 unspecified atom stereocenters. The Hall–Kier alpha value is -1.43. The van der Waals surface area contributed by atoms with Crippen molar-refractivity contribution in [1.29, 1.82) is 0 Å². The molecule has 0 aliphatic carbocycles. The lowest BCUT2D eigenvalue weighted by Gasteiger charge is -2.28. The smallest absolute Gasteiger partial charge is 0.224 e. The summed E-state index contributed by atoms with van der Waals surface area (Å²) in [4.78, 5) is 14.4. The van der Waals surface area contributed by atoms with Crippen LogP contribution in [0.25, 0.3) is 0 Å². The van der Waals surface area contributed by atoms with Crippen molar-refractivity contribution in [3.63, 3.8) is 0 Å². The van der Waals surface area contributed by atoms with Gasteiger partial charge in [-0.3, -0.25) is 4.79 Å². The predicted molar refractivity (Wildman–Crippen MR) is 84.6 cm³/mol. The number of nitrogens with one attached hydrogen (secondary N) is 1. The van der Waals surface area contributed by atoms with E-state index in [4.69, 9.17) is 9.47 Å². The van der Waals surface area contributed by atoms with Crippen LogP contribution in [0, 0.1) is 5.92 Å². The highest BCUT2D eigenvalue weighted by Crippen LogP contribution is 2.25. The standard InChI is InChI=1S/C17H24N2O3/c1-19-8-6-13(7-9-19)12-16(20)18-15-4-2-14(3-5-15)17-21-10-11-22-17/h2-5,13,17H,6-12H2,1H3,(H,18,20). The molecule has 0 radical (unpaired) electrons. The van der Waals surface area contributed by atoms with Gasteiger partial charge in [-0.1, -0.05) is 12.1 Å². The molecule has 1 N–H and O–H groups in total. The normalized spacial score (nSPS) is 21.1. The second kappa shape index (κ2) is 7.22. The number of ether oxygens (including phenoxy) is 2. The van der Waals surface area contributed by atoms with Crippen molar-refractivity contribution < 1.29 is 14.3 Å². The van der Waals surface area contributed by atoms with Crippen LogP contribution in [0.1, 0.15) is 31.1 Å². The maximum Gasteiger partial charge on any atom is 0.224 e. The molecule has 0 bridgehead atoms. The molecule has 1 aromatic rings. The monoisotopic (exact) mass is 304 g/mol. The third-order valence-corrected chi connectivity index (χ3v) is 4.40. The Morgan fingerprint density at radius 3 is 2.45 bits per heavy atom. The first-order valence-corrected chi connectivity index (χ1v) is 8.02. The summed E-state index contributed by atoms with van der Waals surface area (Å²) in [5.74, 6) is 0.617. The van der Waals surface area contributed by atoms with E-state index in [1.54, 1.807) is 0 Å². The van der Waals surface area contributed by atoms with Gasteiger partial charge in [-0.2, -0.15) is 0 Å². The molecule has 0 aromatic heterocycles. The Balaban J connectivity index is 1.48. The van der Waals surface area contributed by atoms with Crippen molar-refractivity contribution in [2.24, 2.45) is 5.92 Å². The molecular weight excluding hydrogens is 280 g/mol. The molecule has 2 aliphatic heterocycles. The maximum absolute atomic E-state index is 12.1. The Bertz CT molecular complexity index is 489. The van der Waals surface area contributed by atoms with E-state index in [0.29, 0.717) is 25.6 Å². The number of likely N-dealkylation sites (tertiary alicyclic amines) is 1. The van der Waals surface area contributed by atoms with Gasteiger partial charge in [-0.25, -0.2) is 0 Å². The summed E-state index contributed by atoms with van der Waals surface area (Å²) < 4.78 is 10.9. The van der Waals surface area contributed by atoms with Crippen molar-refractivity contribution in [2.75, 3.05) is 38.7 Å². The summed E-state index contributed by atoms with van der Waals surface area (Å²) in [5, 5.41) is 2.98. The molecule has 3 rings (SSSR count). The lowest BCUT2D eigenvalue weighted by molar-refractivity contribution is -0.117. The maximum atomic E-state index is 12.1. The number of anilines is 1. The number of piperidine rings is 1. The molecule has 2 aliphatic rings. The lowest BCUT2D eigenvalue weighted by atomic mass is 9.93. The molecule has 1 aromatic carbocycles. The fourth-order valence-corrected chi connectivity index (χ4v) is 3.01. The van der Waals surface area contributed by atoms with E-state index in [9.17, 15) is 4.79 Å². The number of hydrogen-bond donors (Lipinski definition) is 1. The van der Waals surface area contributed by atoms with Gasteiger partial charge < -0.3 is 19.7 Å².